The van der Waals surface area contributed by atoms with Crippen molar-refractivity contribution in [1.29, 1.82) is 0 Å². The van der Waals surface area contributed by atoms with Crippen LogP contribution in [0, 0.1) is 0 Å². The van der Waals surface area contributed by atoms with Gasteiger partial charge in [-0.2, -0.15) is 0 Å². The van der Waals surface area contributed by atoms with Crippen molar-refractivity contribution >= 4 is 33.2 Å². The number of aromatic nitrogens is 2. The molecular weight excluding hydrogens is 335 g/mol. The zero-order chi connectivity index (χ0) is 15.5. The number of rotatable bonds is 6. The van der Waals surface area contributed by atoms with Crippen LogP contribution in [0.3, 0.4) is 0 Å². The summed E-state index contributed by atoms with van der Waals surface area (Å²) in [6, 6.07) is 2.90. The van der Waals surface area contributed by atoms with Gasteiger partial charge < -0.3 is 10.3 Å². The highest BCUT2D eigenvalue weighted by atomic mass is 35.5. The molecule has 0 amide bonds. The third-order valence-electron chi connectivity index (χ3n) is 2.77. The van der Waals surface area contributed by atoms with E-state index in [0.717, 1.165) is 0 Å². The standard InChI is InChI=1S/C12H14Cl2N4O2S/c1-15-4-8-2-12(11(14)3-10(8)13)21(19,20)18-6-9-5-16-7-17-9/h2-3,5,7,15,18H,4,6H2,1H3,(H,16,17). The Morgan fingerprint density at radius 3 is 2.62 bits per heavy atom. The van der Waals surface area contributed by atoms with E-state index in [4.69, 9.17) is 23.2 Å². The topological polar surface area (TPSA) is 86.9 Å². The van der Waals surface area contributed by atoms with Crippen LogP contribution in [0.2, 0.25) is 10.0 Å². The average Bonchev–Trinajstić information content (AvgIpc) is 2.93. The second-order valence-electron chi connectivity index (χ2n) is 4.31. The molecule has 0 radical (unpaired) electrons. The summed E-state index contributed by atoms with van der Waals surface area (Å²) in [5, 5.41) is 3.42. The summed E-state index contributed by atoms with van der Waals surface area (Å²) >= 11 is 12.0. The maximum Gasteiger partial charge on any atom is 0.242 e. The second-order valence-corrected chi connectivity index (χ2v) is 6.86. The van der Waals surface area contributed by atoms with Gasteiger partial charge in [0, 0.05) is 23.5 Å². The molecule has 1 heterocycles. The first-order chi connectivity index (χ1) is 9.94. The molecule has 1 aromatic carbocycles. The van der Waals surface area contributed by atoms with E-state index in [-0.39, 0.29) is 16.5 Å². The minimum absolute atomic E-state index is 0.00154. The second kappa shape index (κ2) is 6.76. The first kappa shape index (κ1) is 16.3. The molecule has 1 aromatic heterocycles. The van der Waals surface area contributed by atoms with Gasteiger partial charge >= 0.3 is 0 Å². The van der Waals surface area contributed by atoms with Crippen molar-refractivity contribution in [3.05, 3.63) is 46.0 Å². The van der Waals surface area contributed by atoms with Crippen molar-refractivity contribution in [2.45, 2.75) is 18.0 Å². The zero-order valence-corrected chi connectivity index (χ0v) is 13.5. The number of sulfonamides is 1. The third kappa shape index (κ3) is 3.96. The summed E-state index contributed by atoms with van der Waals surface area (Å²) in [6.07, 6.45) is 3.02. The molecule has 6 nitrogen and oxygen atoms in total. The lowest BCUT2D eigenvalue weighted by molar-refractivity contribution is 0.580. The van der Waals surface area contributed by atoms with Crippen molar-refractivity contribution in [3.8, 4) is 0 Å². The number of benzene rings is 1. The lowest BCUT2D eigenvalue weighted by Gasteiger charge is -2.11. The normalized spacial score (nSPS) is 11.8. The van der Waals surface area contributed by atoms with E-state index in [2.05, 4.69) is 20.0 Å². The summed E-state index contributed by atoms with van der Waals surface area (Å²) in [4.78, 5) is 6.63. The van der Waals surface area contributed by atoms with Gasteiger partial charge in [-0.05, 0) is 24.7 Å². The molecule has 114 valence electrons. The first-order valence-corrected chi connectivity index (χ1v) is 8.27. The number of hydrogen-bond donors (Lipinski definition) is 3. The van der Waals surface area contributed by atoms with Crippen molar-refractivity contribution < 1.29 is 8.42 Å². The molecule has 9 heteroatoms. The minimum Gasteiger partial charge on any atom is -0.347 e. The van der Waals surface area contributed by atoms with Crippen molar-refractivity contribution in [3.63, 3.8) is 0 Å². The van der Waals surface area contributed by atoms with Gasteiger partial charge in [0.25, 0.3) is 0 Å². The smallest absolute Gasteiger partial charge is 0.242 e. The Balaban J connectivity index is 2.28. The van der Waals surface area contributed by atoms with Gasteiger partial charge in [0.05, 0.1) is 17.9 Å². The average molecular weight is 349 g/mol. The van der Waals surface area contributed by atoms with Gasteiger partial charge in [-0.25, -0.2) is 18.1 Å². The van der Waals surface area contributed by atoms with E-state index in [1.165, 1.54) is 18.5 Å². The van der Waals surface area contributed by atoms with E-state index in [0.29, 0.717) is 22.8 Å². The van der Waals surface area contributed by atoms with E-state index in [1.54, 1.807) is 13.2 Å². The monoisotopic (exact) mass is 348 g/mol. The molecule has 0 spiro atoms. The molecule has 2 rings (SSSR count). The lowest BCUT2D eigenvalue weighted by Crippen LogP contribution is -2.24. The molecule has 0 fully saturated rings. The highest BCUT2D eigenvalue weighted by molar-refractivity contribution is 7.89. The van der Waals surface area contributed by atoms with Crippen LogP contribution in [0.15, 0.2) is 29.6 Å². The molecule has 0 unspecified atom stereocenters. The van der Waals surface area contributed by atoms with Crippen LogP contribution >= 0.6 is 23.2 Å². The summed E-state index contributed by atoms with van der Waals surface area (Å²) in [6.45, 7) is 0.543. The molecular formula is C12H14Cl2N4O2S. The van der Waals surface area contributed by atoms with Crippen molar-refractivity contribution in [2.75, 3.05) is 7.05 Å². The van der Waals surface area contributed by atoms with Gasteiger partial charge in [-0.1, -0.05) is 23.2 Å². The van der Waals surface area contributed by atoms with Gasteiger partial charge in [-0.3, -0.25) is 0 Å². The predicted octanol–water partition coefficient (Wildman–Crippen LogP) is 1.91. The molecule has 0 saturated heterocycles. The summed E-state index contributed by atoms with van der Waals surface area (Å²) < 4.78 is 27.1. The Morgan fingerprint density at radius 2 is 2.00 bits per heavy atom. The number of halogens is 2. The predicted molar refractivity (Wildman–Crippen MR) is 81.8 cm³/mol. The zero-order valence-electron chi connectivity index (χ0n) is 11.2. The Bertz CT molecular complexity index is 717. The van der Waals surface area contributed by atoms with Crippen LogP contribution in [0.25, 0.3) is 0 Å². The van der Waals surface area contributed by atoms with Crippen LogP contribution in [-0.2, 0) is 23.1 Å². The van der Waals surface area contributed by atoms with E-state index < -0.39 is 10.0 Å². The van der Waals surface area contributed by atoms with E-state index in [9.17, 15) is 8.42 Å². The van der Waals surface area contributed by atoms with Crippen LogP contribution in [0.5, 0.6) is 0 Å². The fourth-order valence-corrected chi connectivity index (χ4v) is 3.60. The molecule has 21 heavy (non-hydrogen) atoms. The minimum atomic E-state index is -3.74. The summed E-state index contributed by atoms with van der Waals surface area (Å²) in [5.74, 6) is 0. The van der Waals surface area contributed by atoms with Gasteiger partial charge in [0.2, 0.25) is 10.0 Å². The van der Waals surface area contributed by atoms with Gasteiger partial charge in [-0.15, -0.1) is 0 Å². The lowest BCUT2D eigenvalue weighted by atomic mass is 10.2. The Kier molecular flexibility index (Phi) is 5.23. The van der Waals surface area contributed by atoms with Crippen molar-refractivity contribution in [2.24, 2.45) is 0 Å². The van der Waals surface area contributed by atoms with Gasteiger partial charge in [0.1, 0.15) is 4.90 Å². The molecule has 0 bridgehead atoms. The maximum absolute atomic E-state index is 12.3. The number of nitrogens with zero attached hydrogens (tertiary/aromatic N) is 1. The highest BCUT2D eigenvalue weighted by Gasteiger charge is 2.20. The molecule has 0 saturated carbocycles. The SMILES string of the molecule is CNCc1cc(S(=O)(=O)NCc2cnc[nH]2)c(Cl)cc1Cl. The molecule has 0 atom stereocenters. The molecule has 0 aliphatic heterocycles. The van der Waals surface area contributed by atoms with Crippen LogP contribution in [0.1, 0.15) is 11.3 Å². The largest absolute Gasteiger partial charge is 0.347 e. The molecule has 3 N–H and O–H groups in total. The molecule has 2 aromatic rings. The number of aromatic amines is 1. The van der Waals surface area contributed by atoms with E-state index in [1.807, 2.05) is 0 Å². The van der Waals surface area contributed by atoms with Crippen molar-refractivity contribution in [1.82, 2.24) is 20.0 Å². The number of H-pyrrole nitrogens is 1. The Hall–Kier alpha value is -1.12. The summed E-state index contributed by atoms with van der Waals surface area (Å²) in [5.41, 5.74) is 1.31. The van der Waals surface area contributed by atoms with Crippen LogP contribution in [-0.4, -0.2) is 25.4 Å². The first-order valence-electron chi connectivity index (χ1n) is 6.03. The van der Waals surface area contributed by atoms with Crippen LogP contribution in [0.4, 0.5) is 0 Å². The summed E-state index contributed by atoms with van der Waals surface area (Å²) in [7, 11) is -2.00. The highest BCUT2D eigenvalue weighted by Crippen LogP contribution is 2.28. The Morgan fingerprint density at radius 1 is 1.24 bits per heavy atom. The fourth-order valence-electron chi connectivity index (χ4n) is 1.73. The Labute approximate surface area is 132 Å². The van der Waals surface area contributed by atoms with Gasteiger partial charge in [0.15, 0.2) is 0 Å². The van der Waals surface area contributed by atoms with Crippen LogP contribution < -0.4 is 10.0 Å². The number of hydrogen-bond acceptors (Lipinski definition) is 4. The fraction of sp³-hybridized carbons (Fsp3) is 0.250. The third-order valence-corrected chi connectivity index (χ3v) is 4.98. The quantitative estimate of drug-likeness (QED) is 0.744. The molecule has 0 aliphatic carbocycles. The number of nitrogens with one attached hydrogen (secondary N) is 3. The van der Waals surface area contributed by atoms with E-state index >= 15 is 0 Å². The maximum atomic E-state index is 12.3. The number of imidazole rings is 1. The molecule has 0 aliphatic rings.